The Morgan fingerprint density at radius 3 is 2.75 bits per heavy atom. The average Bonchev–Trinajstić information content (AvgIpc) is 3.29. The van der Waals surface area contributed by atoms with Crippen LogP contribution in [0.4, 0.5) is 0 Å². The van der Waals surface area contributed by atoms with Gasteiger partial charge >= 0.3 is 0 Å². The van der Waals surface area contributed by atoms with Crippen molar-refractivity contribution >= 4 is 0 Å². The Kier molecular flexibility index (Phi) is 4.46. The fourth-order valence-electron chi connectivity index (χ4n) is 2.73. The summed E-state index contributed by atoms with van der Waals surface area (Å²) in [6, 6.07) is 6.96. The van der Waals surface area contributed by atoms with Crippen molar-refractivity contribution in [2.75, 3.05) is 13.2 Å². The van der Waals surface area contributed by atoms with Gasteiger partial charge < -0.3 is 14.8 Å². The van der Waals surface area contributed by atoms with E-state index in [0.717, 1.165) is 43.6 Å². The van der Waals surface area contributed by atoms with E-state index in [1.807, 2.05) is 6.07 Å². The molecule has 20 heavy (non-hydrogen) atoms. The van der Waals surface area contributed by atoms with Gasteiger partial charge in [-0.3, -0.25) is 0 Å². The third-order valence-electron chi connectivity index (χ3n) is 4.21. The molecule has 0 amide bonds. The van der Waals surface area contributed by atoms with Gasteiger partial charge in [-0.05, 0) is 36.5 Å². The largest absolute Gasteiger partial charge is 0.490 e. The first-order valence-corrected chi connectivity index (χ1v) is 7.97. The van der Waals surface area contributed by atoms with E-state index in [2.05, 4.69) is 24.4 Å². The van der Waals surface area contributed by atoms with Gasteiger partial charge in [-0.1, -0.05) is 25.8 Å². The highest BCUT2D eigenvalue weighted by molar-refractivity contribution is 5.43. The maximum atomic E-state index is 5.74. The van der Waals surface area contributed by atoms with Crippen LogP contribution in [0.1, 0.15) is 44.6 Å². The Labute approximate surface area is 121 Å². The lowest BCUT2D eigenvalue weighted by molar-refractivity contribution is 0.297. The van der Waals surface area contributed by atoms with E-state index in [9.17, 15) is 0 Å². The molecule has 0 saturated heterocycles. The minimum Gasteiger partial charge on any atom is -0.490 e. The molecule has 1 N–H and O–H groups in total. The lowest BCUT2D eigenvalue weighted by Gasteiger charge is -2.17. The first-order valence-electron chi connectivity index (χ1n) is 7.97. The average molecular weight is 275 g/mol. The summed E-state index contributed by atoms with van der Waals surface area (Å²) in [5.41, 5.74) is 1.28. The maximum absolute atomic E-state index is 5.74. The van der Waals surface area contributed by atoms with E-state index in [0.29, 0.717) is 6.04 Å². The van der Waals surface area contributed by atoms with Crippen molar-refractivity contribution in [2.24, 2.45) is 5.92 Å². The molecule has 1 aromatic carbocycles. The molecule has 1 aliphatic carbocycles. The van der Waals surface area contributed by atoms with Gasteiger partial charge in [0.2, 0.25) is 0 Å². The molecule has 0 radical (unpaired) electrons. The van der Waals surface area contributed by atoms with Crippen LogP contribution in [0.3, 0.4) is 0 Å². The van der Waals surface area contributed by atoms with Gasteiger partial charge in [-0.25, -0.2) is 0 Å². The molecule has 1 unspecified atom stereocenters. The second-order valence-corrected chi connectivity index (χ2v) is 6.00. The lowest BCUT2D eigenvalue weighted by atomic mass is 10.1. The summed E-state index contributed by atoms with van der Waals surface area (Å²) in [6.07, 6.45) is 6.37. The van der Waals surface area contributed by atoms with Crippen molar-refractivity contribution in [3.63, 3.8) is 0 Å². The van der Waals surface area contributed by atoms with Crippen LogP contribution >= 0.6 is 0 Å². The van der Waals surface area contributed by atoms with E-state index in [1.165, 1.54) is 31.2 Å². The molecule has 1 heterocycles. The molecule has 0 spiro atoms. The van der Waals surface area contributed by atoms with Crippen LogP contribution in [0.25, 0.3) is 0 Å². The van der Waals surface area contributed by atoms with E-state index in [4.69, 9.17) is 9.47 Å². The van der Waals surface area contributed by atoms with Crippen molar-refractivity contribution in [2.45, 2.75) is 51.6 Å². The Morgan fingerprint density at radius 2 is 2.00 bits per heavy atom. The van der Waals surface area contributed by atoms with Crippen molar-refractivity contribution in [3.05, 3.63) is 23.8 Å². The molecular formula is C17H25NO2. The summed E-state index contributed by atoms with van der Waals surface area (Å²) in [5, 5.41) is 3.68. The molecule has 0 aromatic heterocycles. The zero-order valence-corrected chi connectivity index (χ0v) is 12.4. The van der Waals surface area contributed by atoms with Crippen LogP contribution in [0.15, 0.2) is 18.2 Å². The monoisotopic (exact) mass is 275 g/mol. The molecule has 1 aromatic rings. The van der Waals surface area contributed by atoms with Crippen LogP contribution < -0.4 is 14.8 Å². The first-order chi connectivity index (χ1) is 9.85. The Morgan fingerprint density at radius 1 is 1.20 bits per heavy atom. The second-order valence-electron chi connectivity index (χ2n) is 6.00. The minimum atomic E-state index is 0.651. The number of hydrogen-bond donors (Lipinski definition) is 1. The minimum absolute atomic E-state index is 0.651. The molecule has 3 heteroatoms. The number of fused-ring (bicyclic) bond motifs is 1. The first kappa shape index (κ1) is 13.7. The highest BCUT2D eigenvalue weighted by Gasteiger charge is 2.24. The summed E-state index contributed by atoms with van der Waals surface area (Å²) < 4.78 is 11.4. The third-order valence-corrected chi connectivity index (χ3v) is 4.21. The Hall–Kier alpha value is -1.22. The van der Waals surface area contributed by atoms with Crippen LogP contribution in [0.5, 0.6) is 11.5 Å². The SMILES string of the molecule is CCC(CC1CC1)NCc1ccc2c(c1)OCCCO2. The number of ether oxygens (including phenoxy) is 2. The van der Waals surface area contributed by atoms with Gasteiger partial charge in [0.05, 0.1) is 13.2 Å². The summed E-state index contributed by atoms with van der Waals surface area (Å²) in [7, 11) is 0. The van der Waals surface area contributed by atoms with Crippen LogP contribution in [-0.4, -0.2) is 19.3 Å². The van der Waals surface area contributed by atoms with Gasteiger partial charge in [0.1, 0.15) is 0 Å². The van der Waals surface area contributed by atoms with Gasteiger partial charge in [-0.15, -0.1) is 0 Å². The zero-order chi connectivity index (χ0) is 13.8. The Bertz CT molecular complexity index is 443. The molecular weight excluding hydrogens is 250 g/mol. The molecule has 1 saturated carbocycles. The topological polar surface area (TPSA) is 30.5 Å². The third kappa shape index (κ3) is 3.66. The molecule has 2 aliphatic rings. The zero-order valence-electron chi connectivity index (χ0n) is 12.4. The molecule has 0 bridgehead atoms. The molecule has 1 aliphatic heterocycles. The number of nitrogens with one attached hydrogen (secondary N) is 1. The molecule has 1 fully saturated rings. The predicted molar refractivity (Wildman–Crippen MR) is 80.3 cm³/mol. The molecule has 3 nitrogen and oxygen atoms in total. The molecule has 3 rings (SSSR count). The highest BCUT2D eigenvalue weighted by atomic mass is 16.5. The van der Waals surface area contributed by atoms with Crippen molar-refractivity contribution in [1.29, 1.82) is 0 Å². The van der Waals surface area contributed by atoms with Gasteiger partial charge in [0.25, 0.3) is 0 Å². The van der Waals surface area contributed by atoms with E-state index in [-0.39, 0.29) is 0 Å². The smallest absolute Gasteiger partial charge is 0.161 e. The number of hydrogen-bond acceptors (Lipinski definition) is 3. The number of rotatable bonds is 6. The quantitative estimate of drug-likeness (QED) is 0.861. The summed E-state index contributed by atoms with van der Waals surface area (Å²) in [4.78, 5) is 0. The lowest BCUT2D eigenvalue weighted by Crippen LogP contribution is -2.28. The van der Waals surface area contributed by atoms with Crippen LogP contribution in [-0.2, 0) is 6.54 Å². The normalized spacial score (nSPS) is 19.4. The summed E-state index contributed by atoms with van der Waals surface area (Å²) in [5.74, 6) is 2.77. The van der Waals surface area contributed by atoms with E-state index < -0.39 is 0 Å². The highest BCUT2D eigenvalue weighted by Crippen LogP contribution is 2.34. The van der Waals surface area contributed by atoms with Crippen molar-refractivity contribution < 1.29 is 9.47 Å². The maximum Gasteiger partial charge on any atom is 0.161 e. The standard InChI is InChI=1S/C17H25NO2/c1-2-15(10-13-4-5-13)18-12-14-6-7-16-17(11-14)20-9-3-8-19-16/h6-7,11,13,15,18H,2-5,8-10,12H2,1H3. The van der Waals surface area contributed by atoms with Gasteiger partial charge in [-0.2, -0.15) is 0 Å². The van der Waals surface area contributed by atoms with Gasteiger partial charge in [0, 0.05) is 19.0 Å². The van der Waals surface area contributed by atoms with Crippen LogP contribution in [0, 0.1) is 5.92 Å². The van der Waals surface area contributed by atoms with Crippen LogP contribution in [0.2, 0.25) is 0 Å². The summed E-state index contributed by atoms with van der Waals surface area (Å²) >= 11 is 0. The van der Waals surface area contributed by atoms with Crippen molar-refractivity contribution in [3.8, 4) is 11.5 Å². The summed E-state index contributed by atoms with van der Waals surface area (Å²) in [6.45, 7) is 4.70. The fraction of sp³-hybridized carbons (Fsp3) is 0.647. The molecule has 110 valence electrons. The van der Waals surface area contributed by atoms with Gasteiger partial charge in [0.15, 0.2) is 11.5 Å². The molecule has 1 atom stereocenters. The van der Waals surface area contributed by atoms with Crippen molar-refractivity contribution in [1.82, 2.24) is 5.32 Å². The fourth-order valence-corrected chi connectivity index (χ4v) is 2.73. The number of benzene rings is 1. The van der Waals surface area contributed by atoms with E-state index >= 15 is 0 Å². The Balaban J connectivity index is 1.57. The predicted octanol–water partition coefficient (Wildman–Crippen LogP) is 3.52. The van der Waals surface area contributed by atoms with E-state index in [1.54, 1.807) is 0 Å². The second kappa shape index (κ2) is 6.49.